The maximum Gasteiger partial charge on any atom is -0.0117 e. The van der Waals surface area contributed by atoms with Crippen molar-refractivity contribution in [2.75, 3.05) is 0 Å². The lowest BCUT2D eigenvalue weighted by Gasteiger charge is -2.11. The number of aryl methyl sites for hydroxylation is 2. The molecule has 1 rings (SSSR count). The molecule has 0 spiro atoms. The maximum absolute atomic E-state index is 3.47. The van der Waals surface area contributed by atoms with E-state index >= 15 is 0 Å². The first-order valence-corrected chi connectivity index (χ1v) is 6.23. The van der Waals surface area contributed by atoms with Gasteiger partial charge in [0, 0.05) is 0 Å². The van der Waals surface area contributed by atoms with Crippen LogP contribution in [0.1, 0.15) is 54.0 Å². The molecule has 0 N–H and O–H groups in total. The van der Waals surface area contributed by atoms with Gasteiger partial charge in [0.25, 0.3) is 0 Å². The van der Waals surface area contributed by atoms with E-state index in [0.29, 0.717) is 0 Å². The van der Waals surface area contributed by atoms with Crippen LogP contribution in [0.4, 0.5) is 0 Å². The van der Waals surface area contributed by atoms with E-state index in [0.717, 1.165) is 6.42 Å². The van der Waals surface area contributed by atoms with E-state index in [2.05, 4.69) is 52.8 Å². The first-order chi connectivity index (χ1) is 7.57. The Labute approximate surface area is 100 Å². The van der Waals surface area contributed by atoms with Gasteiger partial charge >= 0.3 is 0 Å². The summed E-state index contributed by atoms with van der Waals surface area (Å²) in [5.41, 5.74) is 6.78. The number of allylic oxidation sites excluding steroid dienone is 1. The zero-order valence-electron chi connectivity index (χ0n) is 11.3. The minimum atomic E-state index is 1.14. The molecule has 0 saturated carbocycles. The second kappa shape index (κ2) is 5.89. The first-order valence-electron chi connectivity index (χ1n) is 6.23. The van der Waals surface area contributed by atoms with E-state index < -0.39 is 0 Å². The minimum absolute atomic E-state index is 1.14. The van der Waals surface area contributed by atoms with Crippen LogP contribution in [0.2, 0.25) is 0 Å². The van der Waals surface area contributed by atoms with Crippen LogP contribution in [0.3, 0.4) is 0 Å². The molecule has 0 aromatic heterocycles. The Morgan fingerprint density at radius 1 is 1.06 bits per heavy atom. The first kappa shape index (κ1) is 13.0. The highest BCUT2D eigenvalue weighted by Crippen LogP contribution is 2.21. The highest BCUT2D eigenvalue weighted by atomic mass is 14.1. The topological polar surface area (TPSA) is 0 Å². The highest BCUT2D eigenvalue weighted by molar-refractivity contribution is 5.47. The molecule has 0 atom stereocenters. The van der Waals surface area contributed by atoms with Gasteiger partial charge in [-0.3, -0.25) is 0 Å². The molecule has 0 bridgehead atoms. The minimum Gasteiger partial charge on any atom is -0.0760 e. The lowest BCUT2D eigenvalue weighted by atomic mass is 9.94. The summed E-state index contributed by atoms with van der Waals surface area (Å²) in [6.07, 6.45) is 9.32. The quantitative estimate of drug-likeness (QED) is 0.632. The third-order valence-electron chi connectivity index (χ3n) is 3.31. The van der Waals surface area contributed by atoms with Crippen LogP contribution >= 0.6 is 0 Å². The number of unbranched alkanes of at least 4 members (excludes halogenated alkanes) is 2. The molecule has 0 aliphatic rings. The Balaban J connectivity index is 2.98. The van der Waals surface area contributed by atoms with Crippen molar-refractivity contribution < 1.29 is 0 Å². The van der Waals surface area contributed by atoms with E-state index in [1.807, 2.05) is 0 Å². The van der Waals surface area contributed by atoms with Gasteiger partial charge in [-0.1, -0.05) is 31.9 Å². The Hall–Kier alpha value is -1.04. The van der Waals surface area contributed by atoms with E-state index in [1.165, 1.54) is 40.7 Å². The molecule has 0 unspecified atom stereocenters. The third-order valence-corrected chi connectivity index (χ3v) is 3.31. The summed E-state index contributed by atoms with van der Waals surface area (Å²) >= 11 is 0. The summed E-state index contributed by atoms with van der Waals surface area (Å²) in [5.74, 6) is 0. The van der Waals surface area contributed by atoms with Crippen LogP contribution in [0.15, 0.2) is 12.1 Å². The van der Waals surface area contributed by atoms with Crippen LogP contribution in [-0.2, 0) is 0 Å². The summed E-state index contributed by atoms with van der Waals surface area (Å²) in [7, 11) is 0. The Kier molecular flexibility index (Phi) is 4.79. The van der Waals surface area contributed by atoms with Gasteiger partial charge in [0.15, 0.2) is 0 Å². The fourth-order valence-electron chi connectivity index (χ4n) is 1.91. The molecule has 0 heterocycles. The number of hydrogen-bond donors (Lipinski definition) is 0. The Bertz CT molecular complexity index is 357. The second-order valence-electron chi connectivity index (χ2n) is 4.63. The normalized spacial score (nSPS) is 11.3. The van der Waals surface area contributed by atoms with Crippen LogP contribution < -0.4 is 0 Å². The van der Waals surface area contributed by atoms with Gasteiger partial charge in [0.2, 0.25) is 0 Å². The Morgan fingerprint density at radius 2 is 1.62 bits per heavy atom. The molecule has 1 aromatic carbocycles. The van der Waals surface area contributed by atoms with Crippen molar-refractivity contribution in [2.24, 2.45) is 0 Å². The molecule has 0 aliphatic carbocycles. The molecule has 16 heavy (non-hydrogen) atoms. The molecule has 87 valence electrons. The lowest BCUT2D eigenvalue weighted by Crippen LogP contribution is -1.95. The highest BCUT2D eigenvalue weighted by Gasteiger charge is 2.05. The molecule has 0 aliphatic heterocycles. The summed E-state index contributed by atoms with van der Waals surface area (Å²) in [5, 5.41) is 0. The summed E-state index contributed by atoms with van der Waals surface area (Å²) < 4.78 is 0. The monoisotopic (exact) mass is 215 g/mol. The van der Waals surface area contributed by atoms with E-state index in [-0.39, 0.29) is 0 Å². The standard InChI is InChI=1S/C16H23/c1-6-7-8-9-10-16-14(4)12(2)11-13(3)15(16)5/h9,11H,6-8H2,1-5H3. The zero-order valence-corrected chi connectivity index (χ0v) is 11.3. The molecular formula is C16H23. The largest absolute Gasteiger partial charge is 0.0760 e. The fourth-order valence-corrected chi connectivity index (χ4v) is 1.91. The molecule has 0 saturated heterocycles. The molecular weight excluding hydrogens is 192 g/mol. The number of hydrogen-bond acceptors (Lipinski definition) is 0. The van der Waals surface area contributed by atoms with Crippen molar-refractivity contribution in [2.45, 2.75) is 53.9 Å². The van der Waals surface area contributed by atoms with E-state index in [1.54, 1.807) is 0 Å². The van der Waals surface area contributed by atoms with Gasteiger partial charge in [0.05, 0.1) is 0 Å². The number of benzene rings is 1. The Morgan fingerprint density at radius 3 is 2.12 bits per heavy atom. The predicted octanol–water partition coefficient (Wildman–Crippen LogP) is 4.82. The average molecular weight is 215 g/mol. The summed E-state index contributed by atoms with van der Waals surface area (Å²) in [6.45, 7) is 11.0. The fraction of sp³-hybridized carbons (Fsp3) is 0.500. The van der Waals surface area contributed by atoms with Crippen molar-refractivity contribution in [3.8, 4) is 0 Å². The summed E-state index contributed by atoms with van der Waals surface area (Å²) in [4.78, 5) is 0. The van der Waals surface area contributed by atoms with Crippen molar-refractivity contribution >= 4 is 0 Å². The van der Waals surface area contributed by atoms with Gasteiger partial charge in [-0.05, 0) is 68.0 Å². The van der Waals surface area contributed by atoms with Gasteiger partial charge in [-0.15, -0.1) is 0 Å². The van der Waals surface area contributed by atoms with Crippen LogP contribution in [-0.4, -0.2) is 0 Å². The zero-order chi connectivity index (χ0) is 12.1. The smallest absolute Gasteiger partial charge is 0.0117 e. The number of rotatable bonds is 4. The van der Waals surface area contributed by atoms with Crippen molar-refractivity contribution in [1.29, 1.82) is 0 Å². The van der Waals surface area contributed by atoms with Crippen molar-refractivity contribution in [3.63, 3.8) is 0 Å². The molecule has 0 fully saturated rings. The molecule has 0 nitrogen and oxygen atoms in total. The van der Waals surface area contributed by atoms with Crippen molar-refractivity contribution in [3.05, 3.63) is 46.0 Å². The maximum atomic E-state index is 3.47. The van der Waals surface area contributed by atoms with Gasteiger partial charge in [-0.2, -0.15) is 0 Å². The van der Waals surface area contributed by atoms with Crippen LogP contribution in [0, 0.1) is 33.8 Å². The third kappa shape index (κ3) is 2.98. The molecule has 0 amide bonds. The average Bonchev–Trinajstić information content (AvgIpc) is 2.25. The predicted molar refractivity (Wildman–Crippen MR) is 71.8 cm³/mol. The molecule has 0 heteroatoms. The second-order valence-corrected chi connectivity index (χ2v) is 4.63. The molecule has 1 radical (unpaired) electrons. The van der Waals surface area contributed by atoms with E-state index in [4.69, 9.17) is 0 Å². The molecule has 1 aromatic rings. The summed E-state index contributed by atoms with van der Waals surface area (Å²) in [6, 6.07) is 2.27. The van der Waals surface area contributed by atoms with Crippen LogP contribution in [0.25, 0.3) is 0 Å². The van der Waals surface area contributed by atoms with Crippen molar-refractivity contribution in [1.82, 2.24) is 0 Å². The van der Waals surface area contributed by atoms with Gasteiger partial charge < -0.3 is 0 Å². The van der Waals surface area contributed by atoms with Gasteiger partial charge in [0.1, 0.15) is 0 Å². The van der Waals surface area contributed by atoms with Crippen LogP contribution in [0.5, 0.6) is 0 Å². The van der Waals surface area contributed by atoms with E-state index in [9.17, 15) is 0 Å². The lowest BCUT2D eigenvalue weighted by molar-refractivity contribution is 0.813. The SMILES string of the molecule is CCCC/C=[C]\c1c(C)c(C)cc(C)c1C. The van der Waals surface area contributed by atoms with Gasteiger partial charge in [-0.25, -0.2) is 0 Å².